The first-order valence-electron chi connectivity index (χ1n) is 7.03. The first-order valence-corrected chi connectivity index (χ1v) is 7.03. The van der Waals surface area contributed by atoms with Crippen LogP contribution in [0.2, 0.25) is 0 Å². The summed E-state index contributed by atoms with van der Waals surface area (Å²) in [4.78, 5) is 12.5. The van der Waals surface area contributed by atoms with E-state index in [0.29, 0.717) is 5.92 Å². The Kier molecular flexibility index (Phi) is 6.10. The third-order valence-corrected chi connectivity index (χ3v) is 3.92. The third-order valence-electron chi connectivity index (χ3n) is 3.92. The van der Waals surface area contributed by atoms with E-state index < -0.39 is 0 Å². The molecule has 0 amide bonds. The molecular weight excluding hydrogens is 254 g/mol. The average Bonchev–Trinajstić information content (AvgIpc) is 2.43. The molecule has 1 rings (SSSR count). The third kappa shape index (κ3) is 4.58. The minimum atomic E-state index is -0.375. The first kappa shape index (κ1) is 16.6. The molecule has 5 nitrogen and oxygen atoms in total. The van der Waals surface area contributed by atoms with Gasteiger partial charge in [-0.05, 0) is 38.4 Å². The van der Waals surface area contributed by atoms with Crippen molar-refractivity contribution in [3.8, 4) is 0 Å². The number of nitrogens with two attached hydrogens (primary N) is 1. The molecule has 112 valence electrons. The van der Waals surface area contributed by atoms with E-state index in [1.54, 1.807) is 12.1 Å². The van der Waals surface area contributed by atoms with E-state index in [-0.39, 0.29) is 22.7 Å². The standard InChI is InChI=1S/C15H25N3O2/c1-11(2)15(16)9-10-17(4)12(3)13-5-7-14(8-6-13)18(19)20/h5-8,11-12,15H,9-10,16H2,1-4H3. The molecule has 20 heavy (non-hydrogen) atoms. The second kappa shape index (κ2) is 7.36. The second-order valence-electron chi connectivity index (χ2n) is 5.70. The van der Waals surface area contributed by atoms with Crippen molar-refractivity contribution in [3.63, 3.8) is 0 Å². The van der Waals surface area contributed by atoms with Gasteiger partial charge in [-0.3, -0.25) is 15.0 Å². The molecule has 0 aliphatic carbocycles. The van der Waals surface area contributed by atoms with Crippen molar-refractivity contribution in [1.82, 2.24) is 4.90 Å². The van der Waals surface area contributed by atoms with Gasteiger partial charge in [0.25, 0.3) is 5.69 Å². The highest BCUT2D eigenvalue weighted by Crippen LogP contribution is 2.22. The van der Waals surface area contributed by atoms with E-state index in [2.05, 4.69) is 32.7 Å². The van der Waals surface area contributed by atoms with Crippen molar-refractivity contribution in [2.45, 2.75) is 39.3 Å². The lowest BCUT2D eigenvalue weighted by Crippen LogP contribution is -2.32. The fourth-order valence-corrected chi connectivity index (χ4v) is 2.01. The topological polar surface area (TPSA) is 72.4 Å². The lowest BCUT2D eigenvalue weighted by atomic mass is 10.0. The van der Waals surface area contributed by atoms with E-state index in [4.69, 9.17) is 5.73 Å². The van der Waals surface area contributed by atoms with Gasteiger partial charge >= 0.3 is 0 Å². The largest absolute Gasteiger partial charge is 0.327 e. The molecule has 0 aliphatic heterocycles. The zero-order chi connectivity index (χ0) is 15.3. The Morgan fingerprint density at radius 3 is 2.25 bits per heavy atom. The van der Waals surface area contributed by atoms with Crippen molar-refractivity contribution >= 4 is 5.69 Å². The maximum Gasteiger partial charge on any atom is 0.269 e. The SMILES string of the molecule is CC(C)C(N)CCN(C)C(C)c1ccc([N+](=O)[O-])cc1. The molecule has 5 heteroatoms. The molecule has 0 saturated carbocycles. The number of benzene rings is 1. The highest BCUT2D eigenvalue weighted by molar-refractivity contribution is 5.34. The minimum Gasteiger partial charge on any atom is -0.327 e. The monoisotopic (exact) mass is 279 g/mol. The molecular formula is C15H25N3O2. The molecule has 0 aromatic heterocycles. The summed E-state index contributed by atoms with van der Waals surface area (Å²) in [5.74, 6) is 0.484. The Balaban J connectivity index is 2.60. The van der Waals surface area contributed by atoms with Crippen LogP contribution in [-0.4, -0.2) is 29.5 Å². The number of nitro benzene ring substituents is 1. The summed E-state index contributed by atoms with van der Waals surface area (Å²) >= 11 is 0. The van der Waals surface area contributed by atoms with Gasteiger partial charge in [-0.1, -0.05) is 26.0 Å². The number of hydrogen-bond acceptors (Lipinski definition) is 4. The van der Waals surface area contributed by atoms with Gasteiger partial charge in [-0.2, -0.15) is 0 Å². The van der Waals surface area contributed by atoms with E-state index in [0.717, 1.165) is 18.5 Å². The Labute approximate surface area is 120 Å². The maximum absolute atomic E-state index is 10.6. The number of hydrogen-bond donors (Lipinski definition) is 1. The van der Waals surface area contributed by atoms with Crippen molar-refractivity contribution < 1.29 is 4.92 Å². The van der Waals surface area contributed by atoms with Crippen LogP contribution < -0.4 is 5.73 Å². The number of nitro groups is 1. The van der Waals surface area contributed by atoms with Crippen molar-refractivity contribution in [1.29, 1.82) is 0 Å². The van der Waals surface area contributed by atoms with Crippen LogP contribution in [0.25, 0.3) is 0 Å². The summed E-state index contributed by atoms with van der Waals surface area (Å²) in [5, 5.41) is 10.6. The Bertz CT molecular complexity index is 431. The normalized spacial score (nSPS) is 14.6. The van der Waals surface area contributed by atoms with Crippen LogP contribution in [0.1, 0.15) is 38.8 Å². The van der Waals surface area contributed by atoms with Crippen LogP contribution in [0.3, 0.4) is 0 Å². The lowest BCUT2D eigenvalue weighted by molar-refractivity contribution is -0.384. The van der Waals surface area contributed by atoms with Crippen molar-refractivity contribution in [2.75, 3.05) is 13.6 Å². The van der Waals surface area contributed by atoms with Gasteiger partial charge in [0.15, 0.2) is 0 Å². The summed E-state index contributed by atoms with van der Waals surface area (Å²) in [6.45, 7) is 7.27. The highest BCUT2D eigenvalue weighted by atomic mass is 16.6. The van der Waals surface area contributed by atoms with Gasteiger partial charge < -0.3 is 5.73 Å². The lowest BCUT2D eigenvalue weighted by Gasteiger charge is -2.27. The number of rotatable bonds is 7. The van der Waals surface area contributed by atoms with Gasteiger partial charge in [0.1, 0.15) is 0 Å². The minimum absolute atomic E-state index is 0.130. The average molecular weight is 279 g/mol. The zero-order valence-corrected chi connectivity index (χ0v) is 12.7. The molecule has 2 atom stereocenters. The van der Waals surface area contributed by atoms with Crippen LogP contribution in [0.15, 0.2) is 24.3 Å². The number of nitrogens with zero attached hydrogens (tertiary/aromatic N) is 2. The summed E-state index contributed by atoms with van der Waals surface area (Å²) in [5.41, 5.74) is 7.26. The molecule has 2 unspecified atom stereocenters. The molecule has 0 aliphatic rings. The van der Waals surface area contributed by atoms with E-state index in [1.807, 2.05) is 12.1 Å². The summed E-state index contributed by atoms with van der Waals surface area (Å²) in [7, 11) is 2.05. The van der Waals surface area contributed by atoms with Crippen LogP contribution in [0.4, 0.5) is 5.69 Å². The van der Waals surface area contributed by atoms with E-state index >= 15 is 0 Å². The van der Waals surface area contributed by atoms with Gasteiger partial charge in [0.2, 0.25) is 0 Å². The zero-order valence-electron chi connectivity index (χ0n) is 12.7. The first-order chi connectivity index (χ1) is 9.32. The molecule has 1 aromatic rings. The fourth-order valence-electron chi connectivity index (χ4n) is 2.01. The molecule has 2 N–H and O–H groups in total. The van der Waals surface area contributed by atoms with E-state index in [9.17, 15) is 10.1 Å². The highest BCUT2D eigenvalue weighted by Gasteiger charge is 2.15. The van der Waals surface area contributed by atoms with Gasteiger partial charge in [0.05, 0.1) is 4.92 Å². The summed E-state index contributed by atoms with van der Waals surface area (Å²) in [6, 6.07) is 7.18. The Morgan fingerprint density at radius 2 is 1.80 bits per heavy atom. The van der Waals surface area contributed by atoms with Gasteiger partial charge in [-0.15, -0.1) is 0 Å². The van der Waals surface area contributed by atoms with Crippen LogP contribution in [0, 0.1) is 16.0 Å². The molecule has 1 aromatic carbocycles. The van der Waals surface area contributed by atoms with Crippen LogP contribution in [0.5, 0.6) is 0 Å². The Hall–Kier alpha value is -1.46. The van der Waals surface area contributed by atoms with Crippen molar-refractivity contribution in [3.05, 3.63) is 39.9 Å². The molecule has 0 radical (unpaired) electrons. The summed E-state index contributed by atoms with van der Waals surface area (Å²) < 4.78 is 0. The molecule has 0 bridgehead atoms. The molecule has 0 fully saturated rings. The molecule has 0 spiro atoms. The molecule has 0 saturated heterocycles. The quantitative estimate of drug-likeness (QED) is 0.615. The van der Waals surface area contributed by atoms with E-state index in [1.165, 1.54) is 0 Å². The second-order valence-corrected chi connectivity index (χ2v) is 5.70. The fraction of sp³-hybridized carbons (Fsp3) is 0.600. The smallest absolute Gasteiger partial charge is 0.269 e. The Morgan fingerprint density at radius 1 is 1.25 bits per heavy atom. The number of non-ortho nitro benzene ring substituents is 1. The van der Waals surface area contributed by atoms with Crippen molar-refractivity contribution in [2.24, 2.45) is 11.7 Å². The summed E-state index contributed by atoms with van der Waals surface area (Å²) in [6.07, 6.45) is 0.950. The van der Waals surface area contributed by atoms with Gasteiger partial charge in [-0.25, -0.2) is 0 Å². The predicted octanol–water partition coefficient (Wildman–Crippen LogP) is 2.96. The predicted molar refractivity (Wildman–Crippen MR) is 81.6 cm³/mol. The maximum atomic E-state index is 10.6. The molecule has 0 heterocycles. The van der Waals surface area contributed by atoms with Crippen LogP contribution >= 0.6 is 0 Å². The van der Waals surface area contributed by atoms with Crippen LogP contribution in [-0.2, 0) is 0 Å². The van der Waals surface area contributed by atoms with Gasteiger partial charge in [0, 0.05) is 24.2 Å².